The Hall–Kier alpha value is -0.980. The molecular formula is C11H14O. The average Bonchev–Trinajstić information content (AvgIpc) is 2.15. The second-order valence-corrected chi connectivity index (χ2v) is 3.54. The lowest BCUT2D eigenvalue weighted by Gasteiger charge is -2.36. The fourth-order valence-corrected chi connectivity index (χ4v) is 2.05. The van der Waals surface area contributed by atoms with Gasteiger partial charge in [0.2, 0.25) is 0 Å². The number of hydrogen-bond donors (Lipinski definition) is 0. The number of rotatable bonds is 1. The van der Waals surface area contributed by atoms with Crippen molar-refractivity contribution in [3.8, 4) is 5.75 Å². The Bertz CT molecular complexity index is 290. The maximum Gasteiger partial charge on any atom is 0.122 e. The summed E-state index contributed by atoms with van der Waals surface area (Å²) in [6.45, 7) is 4.53. The number of methoxy groups -OCH3 is 1. The molecule has 1 aliphatic carbocycles. The Balaban J connectivity index is 2.51. The van der Waals surface area contributed by atoms with Gasteiger partial charge >= 0.3 is 0 Å². The molecule has 0 heterocycles. The van der Waals surface area contributed by atoms with Crippen molar-refractivity contribution in [2.75, 3.05) is 7.11 Å². The Morgan fingerprint density at radius 1 is 1.17 bits per heavy atom. The van der Waals surface area contributed by atoms with Gasteiger partial charge in [0.1, 0.15) is 5.75 Å². The van der Waals surface area contributed by atoms with Crippen LogP contribution in [0.25, 0.3) is 0 Å². The van der Waals surface area contributed by atoms with Crippen molar-refractivity contribution < 1.29 is 4.74 Å². The van der Waals surface area contributed by atoms with Crippen LogP contribution in [0, 0.1) is 0 Å². The van der Waals surface area contributed by atoms with Gasteiger partial charge in [-0.2, -0.15) is 0 Å². The van der Waals surface area contributed by atoms with E-state index in [1.807, 2.05) is 6.07 Å². The fourth-order valence-electron chi connectivity index (χ4n) is 2.05. The molecule has 1 aromatic rings. The normalized spacial score (nSPS) is 25.9. The van der Waals surface area contributed by atoms with Gasteiger partial charge < -0.3 is 4.74 Å². The Kier molecular flexibility index (Phi) is 1.60. The van der Waals surface area contributed by atoms with Crippen LogP contribution >= 0.6 is 0 Å². The van der Waals surface area contributed by atoms with Crippen LogP contribution in [0.2, 0.25) is 0 Å². The number of ether oxygens (including phenoxy) is 1. The molecule has 1 heteroatoms. The summed E-state index contributed by atoms with van der Waals surface area (Å²) in [5.41, 5.74) is 2.87. The monoisotopic (exact) mass is 162 g/mol. The molecule has 0 N–H and O–H groups in total. The minimum atomic E-state index is 0.663. The molecule has 0 saturated heterocycles. The van der Waals surface area contributed by atoms with Gasteiger partial charge in [0, 0.05) is 5.56 Å². The molecule has 0 saturated carbocycles. The highest BCUT2D eigenvalue weighted by Crippen LogP contribution is 2.49. The molecule has 0 amide bonds. The molecule has 0 spiro atoms. The summed E-state index contributed by atoms with van der Waals surface area (Å²) in [4.78, 5) is 0. The highest BCUT2D eigenvalue weighted by atomic mass is 16.5. The van der Waals surface area contributed by atoms with E-state index in [-0.39, 0.29) is 0 Å². The zero-order valence-electron chi connectivity index (χ0n) is 7.79. The summed E-state index contributed by atoms with van der Waals surface area (Å²) < 4.78 is 5.30. The lowest BCUT2D eigenvalue weighted by Crippen LogP contribution is -2.20. The minimum absolute atomic E-state index is 0.663. The summed E-state index contributed by atoms with van der Waals surface area (Å²) >= 11 is 0. The van der Waals surface area contributed by atoms with E-state index in [1.165, 1.54) is 11.1 Å². The first-order valence-electron chi connectivity index (χ1n) is 4.42. The van der Waals surface area contributed by atoms with E-state index in [0.717, 1.165) is 5.75 Å². The highest BCUT2D eigenvalue weighted by molar-refractivity contribution is 5.52. The predicted octanol–water partition coefficient (Wildman–Crippen LogP) is 2.92. The maximum atomic E-state index is 5.30. The Labute approximate surface area is 73.4 Å². The molecule has 64 valence electrons. The molecule has 1 aliphatic rings. The molecule has 2 atom stereocenters. The summed E-state index contributed by atoms with van der Waals surface area (Å²) in [5.74, 6) is 2.42. The second-order valence-electron chi connectivity index (χ2n) is 3.54. The molecular weight excluding hydrogens is 148 g/mol. The van der Waals surface area contributed by atoms with Crippen molar-refractivity contribution in [1.29, 1.82) is 0 Å². The van der Waals surface area contributed by atoms with Crippen LogP contribution in [0.15, 0.2) is 18.2 Å². The first kappa shape index (κ1) is 7.66. The first-order valence-corrected chi connectivity index (χ1v) is 4.42. The summed E-state index contributed by atoms with van der Waals surface area (Å²) in [6.07, 6.45) is 0. The zero-order valence-corrected chi connectivity index (χ0v) is 7.79. The molecule has 0 radical (unpaired) electrons. The molecule has 0 fully saturated rings. The third-order valence-corrected chi connectivity index (χ3v) is 3.02. The smallest absolute Gasteiger partial charge is 0.122 e. The molecule has 2 rings (SSSR count). The van der Waals surface area contributed by atoms with Crippen molar-refractivity contribution in [3.63, 3.8) is 0 Å². The number of benzene rings is 1. The Morgan fingerprint density at radius 3 is 2.58 bits per heavy atom. The van der Waals surface area contributed by atoms with Gasteiger partial charge in [-0.15, -0.1) is 0 Å². The molecule has 12 heavy (non-hydrogen) atoms. The molecule has 0 aromatic heterocycles. The highest BCUT2D eigenvalue weighted by Gasteiger charge is 2.32. The van der Waals surface area contributed by atoms with Crippen molar-refractivity contribution in [2.24, 2.45) is 0 Å². The van der Waals surface area contributed by atoms with E-state index in [9.17, 15) is 0 Å². The fraction of sp³-hybridized carbons (Fsp3) is 0.455. The van der Waals surface area contributed by atoms with Crippen LogP contribution in [-0.2, 0) is 0 Å². The zero-order chi connectivity index (χ0) is 8.72. The van der Waals surface area contributed by atoms with Crippen molar-refractivity contribution >= 4 is 0 Å². The minimum Gasteiger partial charge on any atom is -0.496 e. The SMILES string of the molecule is COc1cccc2c1C(C)C2C. The molecule has 1 aromatic carbocycles. The summed E-state index contributed by atoms with van der Waals surface area (Å²) in [5, 5.41) is 0. The van der Waals surface area contributed by atoms with Gasteiger partial charge in [-0.1, -0.05) is 26.0 Å². The topological polar surface area (TPSA) is 9.23 Å². The van der Waals surface area contributed by atoms with Crippen molar-refractivity contribution in [1.82, 2.24) is 0 Å². The number of hydrogen-bond acceptors (Lipinski definition) is 1. The van der Waals surface area contributed by atoms with Crippen LogP contribution in [-0.4, -0.2) is 7.11 Å². The summed E-state index contributed by atoms with van der Waals surface area (Å²) in [7, 11) is 1.74. The third kappa shape index (κ3) is 0.795. The van der Waals surface area contributed by atoms with Crippen LogP contribution in [0.4, 0.5) is 0 Å². The van der Waals surface area contributed by atoms with Crippen molar-refractivity contribution in [3.05, 3.63) is 29.3 Å². The summed E-state index contributed by atoms with van der Waals surface area (Å²) in [6, 6.07) is 6.31. The molecule has 0 aliphatic heterocycles. The first-order chi connectivity index (χ1) is 5.75. The van der Waals surface area contributed by atoms with Crippen LogP contribution in [0.5, 0.6) is 5.75 Å². The molecule has 2 unspecified atom stereocenters. The quantitative estimate of drug-likeness (QED) is 0.617. The van der Waals surface area contributed by atoms with Crippen molar-refractivity contribution in [2.45, 2.75) is 25.7 Å². The van der Waals surface area contributed by atoms with Gasteiger partial charge in [0.25, 0.3) is 0 Å². The van der Waals surface area contributed by atoms with Gasteiger partial charge in [-0.3, -0.25) is 0 Å². The maximum absolute atomic E-state index is 5.30. The molecule has 1 nitrogen and oxygen atoms in total. The standard InChI is InChI=1S/C11H14O/c1-7-8(2)11-9(7)5-4-6-10(11)12-3/h4-8H,1-3H3. The van der Waals surface area contributed by atoms with Crippen LogP contribution in [0.1, 0.15) is 36.8 Å². The van der Waals surface area contributed by atoms with Gasteiger partial charge in [0.15, 0.2) is 0 Å². The largest absolute Gasteiger partial charge is 0.496 e. The van der Waals surface area contributed by atoms with Gasteiger partial charge in [-0.05, 0) is 23.5 Å². The van der Waals surface area contributed by atoms with Gasteiger partial charge in [0.05, 0.1) is 7.11 Å². The number of fused-ring (bicyclic) bond motifs is 1. The van der Waals surface area contributed by atoms with Gasteiger partial charge in [-0.25, -0.2) is 0 Å². The predicted molar refractivity (Wildman–Crippen MR) is 49.8 cm³/mol. The van der Waals surface area contributed by atoms with Crippen LogP contribution in [0.3, 0.4) is 0 Å². The molecule has 0 bridgehead atoms. The van der Waals surface area contributed by atoms with Crippen LogP contribution < -0.4 is 4.74 Å². The second kappa shape index (κ2) is 2.51. The average molecular weight is 162 g/mol. The van der Waals surface area contributed by atoms with E-state index >= 15 is 0 Å². The third-order valence-electron chi connectivity index (χ3n) is 3.02. The van der Waals surface area contributed by atoms with E-state index < -0.39 is 0 Å². The van der Waals surface area contributed by atoms with E-state index in [0.29, 0.717) is 11.8 Å². The lowest BCUT2D eigenvalue weighted by molar-refractivity contribution is 0.390. The lowest BCUT2D eigenvalue weighted by atomic mass is 9.69. The van der Waals surface area contributed by atoms with E-state index in [2.05, 4.69) is 26.0 Å². The Morgan fingerprint density at radius 2 is 1.92 bits per heavy atom. The van der Waals surface area contributed by atoms with E-state index in [1.54, 1.807) is 7.11 Å². The van der Waals surface area contributed by atoms with E-state index in [4.69, 9.17) is 4.74 Å².